The quantitative estimate of drug-likeness (QED) is 0.631. The van der Waals surface area contributed by atoms with E-state index in [9.17, 15) is 18.8 Å². The lowest BCUT2D eigenvalue weighted by Gasteiger charge is -2.15. The summed E-state index contributed by atoms with van der Waals surface area (Å²) in [5.41, 5.74) is 2.31. The van der Waals surface area contributed by atoms with Crippen molar-refractivity contribution in [2.45, 2.75) is 6.04 Å². The molecule has 0 aromatic heterocycles. The number of anilines is 1. The lowest BCUT2D eigenvalue weighted by atomic mass is 9.99. The van der Waals surface area contributed by atoms with Gasteiger partial charge in [0.05, 0.1) is 17.8 Å². The van der Waals surface area contributed by atoms with Crippen molar-refractivity contribution in [3.63, 3.8) is 0 Å². The molecule has 1 aromatic rings. The molecule has 0 aliphatic carbocycles. The van der Waals surface area contributed by atoms with Gasteiger partial charge in [0.1, 0.15) is 17.8 Å². The number of methoxy groups -OCH3 is 1. The van der Waals surface area contributed by atoms with Crippen molar-refractivity contribution in [2.24, 2.45) is 11.0 Å². The molecule has 9 heteroatoms. The summed E-state index contributed by atoms with van der Waals surface area (Å²) >= 11 is 5.58. The van der Waals surface area contributed by atoms with Gasteiger partial charge in [-0.15, -0.1) is 0 Å². The Morgan fingerprint density at radius 3 is 2.77 bits per heavy atom. The van der Waals surface area contributed by atoms with E-state index in [2.05, 4.69) is 15.3 Å². The number of esters is 1. The number of benzene rings is 1. The molecular weight excluding hydrogens is 317 g/mol. The van der Waals surface area contributed by atoms with E-state index in [1.165, 1.54) is 12.1 Å². The second-order valence-electron chi connectivity index (χ2n) is 4.68. The maximum Gasteiger partial charge on any atom is 0.355 e. The van der Waals surface area contributed by atoms with Gasteiger partial charge in [-0.25, -0.2) is 14.1 Å². The smallest absolute Gasteiger partial charge is 0.355 e. The number of rotatable bonds is 2. The molecule has 22 heavy (non-hydrogen) atoms. The second kappa shape index (κ2) is 5.06. The third kappa shape index (κ3) is 1.95. The summed E-state index contributed by atoms with van der Waals surface area (Å²) in [4.78, 5) is 37.2. The molecule has 1 fully saturated rings. The average Bonchev–Trinajstić information content (AvgIpc) is 3.03. The molecule has 0 radical (unpaired) electrons. The van der Waals surface area contributed by atoms with Gasteiger partial charge in [-0.2, -0.15) is 5.10 Å². The van der Waals surface area contributed by atoms with Crippen molar-refractivity contribution in [3.8, 4) is 0 Å². The highest BCUT2D eigenvalue weighted by atomic mass is 35.5. The van der Waals surface area contributed by atoms with Crippen molar-refractivity contribution in [1.29, 1.82) is 0 Å². The van der Waals surface area contributed by atoms with E-state index in [4.69, 9.17) is 11.6 Å². The molecule has 2 unspecified atom stereocenters. The first-order valence-corrected chi connectivity index (χ1v) is 6.57. The normalized spacial score (nSPS) is 23.2. The number of halogens is 2. The molecule has 1 saturated heterocycles. The fraction of sp³-hybridized carbons (Fsp3) is 0.231. The maximum absolute atomic E-state index is 13.5. The average molecular weight is 326 g/mol. The Hall–Kier alpha value is -2.48. The van der Waals surface area contributed by atoms with Gasteiger partial charge < -0.3 is 4.74 Å². The molecule has 1 aromatic carbocycles. The molecule has 0 bridgehead atoms. The van der Waals surface area contributed by atoms with E-state index in [0.29, 0.717) is 0 Å². The molecule has 2 atom stereocenters. The van der Waals surface area contributed by atoms with Gasteiger partial charge in [-0.05, 0) is 18.2 Å². The zero-order valence-electron chi connectivity index (χ0n) is 11.2. The van der Waals surface area contributed by atoms with Gasteiger partial charge in [0.15, 0.2) is 5.71 Å². The number of nitrogens with one attached hydrogen (secondary N) is 1. The number of carbonyl (C=O) groups excluding carboxylic acids is 3. The van der Waals surface area contributed by atoms with E-state index in [0.717, 1.165) is 18.1 Å². The first-order chi connectivity index (χ1) is 10.5. The Labute approximate surface area is 128 Å². The van der Waals surface area contributed by atoms with Crippen molar-refractivity contribution >= 4 is 40.8 Å². The van der Waals surface area contributed by atoms with Gasteiger partial charge in [-0.1, -0.05) is 11.6 Å². The molecule has 7 nitrogen and oxygen atoms in total. The van der Waals surface area contributed by atoms with Crippen LogP contribution >= 0.6 is 11.6 Å². The predicted molar refractivity (Wildman–Crippen MR) is 73.8 cm³/mol. The summed E-state index contributed by atoms with van der Waals surface area (Å²) < 4.78 is 18.1. The predicted octanol–water partition coefficient (Wildman–Crippen LogP) is 0.469. The van der Waals surface area contributed by atoms with E-state index < -0.39 is 35.6 Å². The number of nitrogens with zero attached hydrogens (tertiary/aromatic N) is 2. The van der Waals surface area contributed by atoms with Gasteiger partial charge in [0.25, 0.3) is 5.91 Å². The fourth-order valence-electron chi connectivity index (χ4n) is 2.44. The largest absolute Gasteiger partial charge is 0.464 e. The maximum atomic E-state index is 13.5. The summed E-state index contributed by atoms with van der Waals surface area (Å²) in [6, 6.07) is 2.56. The first kappa shape index (κ1) is 14.5. The zero-order valence-corrected chi connectivity index (χ0v) is 11.9. The number of amides is 2. The molecule has 1 N–H and O–H groups in total. The summed E-state index contributed by atoms with van der Waals surface area (Å²) in [7, 11) is 1.14. The highest BCUT2D eigenvalue weighted by Crippen LogP contribution is 2.32. The van der Waals surface area contributed by atoms with Crippen LogP contribution in [0.5, 0.6) is 0 Å². The molecule has 2 aliphatic rings. The van der Waals surface area contributed by atoms with Crippen LogP contribution < -0.4 is 10.3 Å². The van der Waals surface area contributed by atoms with Crippen molar-refractivity contribution in [1.82, 2.24) is 5.43 Å². The molecule has 0 spiro atoms. The lowest BCUT2D eigenvalue weighted by molar-refractivity contribution is -0.133. The van der Waals surface area contributed by atoms with Crippen molar-refractivity contribution in [3.05, 3.63) is 29.0 Å². The minimum atomic E-state index is -1.08. The number of hydrogen-bond donors (Lipinski definition) is 1. The number of fused-ring (bicyclic) bond motifs is 1. The number of hydrogen-bond acceptors (Lipinski definition) is 6. The van der Waals surface area contributed by atoms with Crippen LogP contribution in [0.15, 0.2) is 23.3 Å². The first-order valence-electron chi connectivity index (χ1n) is 6.20. The molecular formula is C13H9ClFN3O4. The Morgan fingerprint density at radius 1 is 1.41 bits per heavy atom. The fourth-order valence-corrected chi connectivity index (χ4v) is 2.56. The summed E-state index contributed by atoms with van der Waals surface area (Å²) in [6.07, 6.45) is 0. The van der Waals surface area contributed by atoms with Crippen molar-refractivity contribution in [2.75, 3.05) is 12.0 Å². The molecule has 0 saturated carbocycles. The highest BCUT2D eigenvalue weighted by molar-refractivity contribution is 6.46. The van der Waals surface area contributed by atoms with Crippen molar-refractivity contribution < 1.29 is 23.5 Å². The van der Waals surface area contributed by atoms with Crippen LogP contribution in [0.1, 0.15) is 0 Å². The lowest BCUT2D eigenvalue weighted by Crippen LogP contribution is -2.36. The standard InChI is InChI=1S/C13H9ClFN3O4/c1-22-13(21)10-8-9(16-17-10)12(20)18(11(8)19)5-2-3-6(14)7(15)4-5/h2-4,8-9,16H,1H3. The second-order valence-corrected chi connectivity index (χ2v) is 5.09. The Bertz CT molecular complexity index is 736. The molecule has 3 rings (SSSR count). The van der Waals surface area contributed by atoms with Crippen LogP contribution in [0, 0.1) is 11.7 Å². The van der Waals surface area contributed by atoms with E-state index >= 15 is 0 Å². The van der Waals surface area contributed by atoms with Gasteiger partial charge in [0.2, 0.25) is 5.91 Å². The Morgan fingerprint density at radius 2 is 2.14 bits per heavy atom. The molecule has 2 aliphatic heterocycles. The zero-order chi connectivity index (χ0) is 16.0. The highest BCUT2D eigenvalue weighted by Gasteiger charge is 2.55. The van der Waals surface area contributed by atoms with Gasteiger partial charge in [0, 0.05) is 0 Å². The molecule has 2 amide bonds. The SMILES string of the molecule is COC(=O)C1=NNC2C(=O)N(c3ccc(Cl)c(F)c3)C(=O)C12. The number of imide groups is 1. The molecule has 2 heterocycles. The molecule has 114 valence electrons. The van der Waals surface area contributed by atoms with E-state index in [1.54, 1.807) is 0 Å². The summed E-state index contributed by atoms with van der Waals surface area (Å²) in [6.45, 7) is 0. The topological polar surface area (TPSA) is 88.1 Å². The minimum Gasteiger partial charge on any atom is -0.464 e. The minimum absolute atomic E-state index is 0.0392. The third-order valence-electron chi connectivity index (χ3n) is 3.48. The van der Waals surface area contributed by atoms with Crippen LogP contribution in [-0.2, 0) is 19.1 Å². The Kier molecular flexibility index (Phi) is 3.32. The number of carbonyl (C=O) groups is 3. The van der Waals surface area contributed by atoms with Gasteiger partial charge >= 0.3 is 5.97 Å². The van der Waals surface area contributed by atoms with Crippen LogP contribution in [0.2, 0.25) is 5.02 Å². The van der Waals surface area contributed by atoms with Crippen LogP contribution in [0.25, 0.3) is 0 Å². The Balaban J connectivity index is 1.98. The summed E-state index contributed by atoms with van der Waals surface area (Å²) in [5.74, 6) is -3.94. The summed E-state index contributed by atoms with van der Waals surface area (Å²) in [5, 5.41) is 3.55. The monoisotopic (exact) mass is 325 g/mol. The van der Waals surface area contributed by atoms with Crippen LogP contribution in [0.3, 0.4) is 0 Å². The number of ether oxygens (including phenoxy) is 1. The van der Waals surface area contributed by atoms with E-state index in [-0.39, 0.29) is 16.4 Å². The third-order valence-corrected chi connectivity index (χ3v) is 3.79. The van der Waals surface area contributed by atoms with Gasteiger partial charge in [-0.3, -0.25) is 15.0 Å². The van der Waals surface area contributed by atoms with E-state index in [1.807, 2.05) is 0 Å². The van der Waals surface area contributed by atoms with Crippen LogP contribution in [0.4, 0.5) is 10.1 Å². The number of hydrazone groups is 1. The van der Waals surface area contributed by atoms with Crippen LogP contribution in [-0.4, -0.2) is 36.6 Å².